The Morgan fingerprint density at radius 3 is 2.88 bits per heavy atom. The highest BCUT2D eigenvalue weighted by Gasteiger charge is 2.52. The lowest BCUT2D eigenvalue weighted by atomic mass is 9.53. The van der Waals surface area contributed by atoms with Gasteiger partial charge in [0, 0.05) is 0 Å². The molecule has 0 unspecified atom stereocenters. The molecule has 2 heteroatoms. The van der Waals surface area contributed by atoms with Crippen LogP contribution in [0.25, 0.3) is 0 Å². The van der Waals surface area contributed by atoms with E-state index in [4.69, 9.17) is 0 Å². The first-order valence-electron chi connectivity index (χ1n) is 9.75. The van der Waals surface area contributed by atoms with Crippen molar-refractivity contribution in [2.75, 3.05) is 0 Å². The maximum atomic E-state index is 10.7. The number of aliphatic hydroxyl groups is 1. The van der Waals surface area contributed by atoms with Crippen LogP contribution < -0.4 is 0 Å². The lowest BCUT2D eigenvalue weighted by Gasteiger charge is -2.51. The minimum atomic E-state index is -0.421. The van der Waals surface area contributed by atoms with Gasteiger partial charge in [-0.3, -0.25) is 0 Å². The van der Waals surface area contributed by atoms with E-state index in [1.165, 1.54) is 44.1 Å². The molecule has 2 N–H and O–H groups in total. The molecule has 4 rings (SSSR count). The Labute approximate surface area is 145 Å². The number of aromatic hydroxyl groups is 1. The first-order chi connectivity index (χ1) is 11.5. The largest absolute Gasteiger partial charge is 0.508 e. The van der Waals surface area contributed by atoms with Crippen LogP contribution in [0.5, 0.6) is 5.75 Å². The topological polar surface area (TPSA) is 40.5 Å². The lowest BCUT2D eigenvalue weighted by molar-refractivity contribution is 0.0258. The summed E-state index contributed by atoms with van der Waals surface area (Å²) in [4.78, 5) is 0. The van der Waals surface area contributed by atoms with Gasteiger partial charge in [-0.2, -0.15) is 0 Å². The van der Waals surface area contributed by atoms with E-state index < -0.39 is 6.10 Å². The number of phenols is 1. The van der Waals surface area contributed by atoms with Gasteiger partial charge in [0.15, 0.2) is 0 Å². The summed E-state index contributed by atoms with van der Waals surface area (Å²) in [5, 5.41) is 20.5. The molecule has 0 saturated heterocycles. The molecule has 3 aliphatic carbocycles. The molecule has 1 aromatic carbocycles. The first kappa shape index (κ1) is 16.2. The van der Waals surface area contributed by atoms with Gasteiger partial charge in [-0.05, 0) is 85.0 Å². The fourth-order valence-electron chi connectivity index (χ4n) is 5.99. The summed E-state index contributed by atoms with van der Waals surface area (Å²) in [7, 11) is 0. The van der Waals surface area contributed by atoms with E-state index in [1.54, 1.807) is 17.7 Å². The van der Waals surface area contributed by atoms with Crippen molar-refractivity contribution >= 4 is 0 Å². The van der Waals surface area contributed by atoms with Crippen molar-refractivity contribution in [3.05, 3.63) is 41.0 Å². The first-order valence-corrected chi connectivity index (χ1v) is 9.75. The van der Waals surface area contributed by atoms with Gasteiger partial charge in [-0.15, -0.1) is 0 Å². The maximum absolute atomic E-state index is 10.7. The van der Waals surface area contributed by atoms with Gasteiger partial charge < -0.3 is 10.2 Å². The normalized spacial score (nSPS) is 37.4. The number of unbranched alkanes of at least 4 members (excludes halogenated alkanes) is 1. The van der Waals surface area contributed by atoms with E-state index in [2.05, 4.69) is 26.0 Å². The average Bonchev–Trinajstić information content (AvgIpc) is 2.90. The molecule has 3 aliphatic rings. The Balaban J connectivity index is 1.64. The zero-order valence-electron chi connectivity index (χ0n) is 15.0. The predicted octanol–water partition coefficient (Wildman–Crippen LogP) is 5.47. The van der Waals surface area contributed by atoms with Crippen LogP contribution in [0.3, 0.4) is 0 Å². The van der Waals surface area contributed by atoms with Gasteiger partial charge in [-0.1, -0.05) is 38.0 Å². The van der Waals surface area contributed by atoms with E-state index in [9.17, 15) is 10.2 Å². The van der Waals surface area contributed by atoms with Crippen LogP contribution in [0.2, 0.25) is 0 Å². The van der Waals surface area contributed by atoms with Crippen LogP contribution in [0.1, 0.15) is 81.9 Å². The third-order valence-electron chi connectivity index (χ3n) is 7.30. The van der Waals surface area contributed by atoms with Crippen LogP contribution >= 0.6 is 0 Å². The van der Waals surface area contributed by atoms with Crippen molar-refractivity contribution in [3.8, 4) is 5.75 Å². The quantitative estimate of drug-likeness (QED) is 0.723. The van der Waals surface area contributed by atoms with Crippen molar-refractivity contribution in [1.82, 2.24) is 0 Å². The van der Waals surface area contributed by atoms with Crippen molar-refractivity contribution in [1.29, 1.82) is 0 Å². The molecule has 0 heterocycles. The minimum Gasteiger partial charge on any atom is -0.508 e. The van der Waals surface area contributed by atoms with Gasteiger partial charge in [-0.25, -0.2) is 0 Å². The van der Waals surface area contributed by atoms with E-state index >= 15 is 0 Å². The van der Waals surface area contributed by atoms with Gasteiger partial charge in [0.1, 0.15) is 5.75 Å². The standard InChI is InChI=1S/C22H30O2/c1-3-4-5-14-6-9-20-18-13-21(24)19-12-15(23)7-8-16(19)17(18)10-11-22(14,20)2/h6-8,12,17-18,20-21,23-24H,3-5,9-11,13H2,1-2H3/t17-,18-,20+,21-,22-/m1/s1. The number of allylic oxidation sites excluding steroid dienone is 2. The van der Waals surface area contributed by atoms with Crippen molar-refractivity contribution in [3.63, 3.8) is 0 Å². The predicted molar refractivity (Wildman–Crippen MR) is 97.0 cm³/mol. The molecule has 2 nitrogen and oxygen atoms in total. The Bertz CT molecular complexity index is 662. The molecule has 0 radical (unpaired) electrons. The SMILES string of the molecule is CCCCC1=CC[C@H]2[C@@H]3C[C@@H](O)c4cc(O)ccc4[C@H]3CC[C@]12C. The van der Waals surface area contributed by atoms with E-state index in [-0.39, 0.29) is 5.75 Å². The molecule has 1 saturated carbocycles. The maximum Gasteiger partial charge on any atom is 0.115 e. The van der Waals surface area contributed by atoms with Crippen LogP contribution in [-0.2, 0) is 0 Å². The summed E-state index contributed by atoms with van der Waals surface area (Å²) in [6.07, 6.45) is 10.5. The summed E-state index contributed by atoms with van der Waals surface area (Å²) in [5.74, 6) is 2.09. The molecular formula is C22H30O2. The van der Waals surface area contributed by atoms with Crippen LogP contribution in [0.15, 0.2) is 29.8 Å². The zero-order valence-corrected chi connectivity index (χ0v) is 15.0. The molecule has 5 atom stereocenters. The second-order valence-electron chi connectivity index (χ2n) is 8.47. The van der Waals surface area contributed by atoms with E-state index in [0.717, 1.165) is 12.0 Å². The molecule has 1 fully saturated rings. The third-order valence-corrected chi connectivity index (χ3v) is 7.30. The molecule has 1 aromatic rings. The Morgan fingerprint density at radius 2 is 2.08 bits per heavy atom. The second-order valence-corrected chi connectivity index (χ2v) is 8.47. The number of aliphatic hydroxyl groups excluding tert-OH is 1. The Kier molecular flexibility index (Phi) is 3.99. The fourth-order valence-corrected chi connectivity index (χ4v) is 5.99. The molecule has 24 heavy (non-hydrogen) atoms. The highest BCUT2D eigenvalue weighted by atomic mass is 16.3. The van der Waals surface area contributed by atoms with Crippen LogP contribution in [0, 0.1) is 17.3 Å². The number of phenolic OH excluding ortho intramolecular Hbond substituents is 1. The van der Waals surface area contributed by atoms with Gasteiger partial charge in [0.2, 0.25) is 0 Å². The summed E-state index contributed by atoms with van der Waals surface area (Å²) in [5.41, 5.74) is 4.31. The van der Waals surface area contributed by atoms with Gasteiger partial charge >= 0.3 is 0 Å². The molecule has 0 bridgehead atoms. The number of fused-ring (bicyclic) bond motifs is 5. The van der Waals surface area contributed by atoms with Gasteiger partial charge in [0.25, 0.3) is 0 Å². The average molecular weight is 326 g/mol. The summed E-state index contributed by atoms with van der Waals surface area (Å²) in [6, 6.07) is 5.64. The minimum absolute atomic E-state index is 0.274. The number of hydrogen-bond acceptors (Lipinski definition) is 2. The van der Waals surface area contributed by atoms with Crippen LogP contribution in [-0.4, -0.2) is 10.2 Å². The van der Waals surface area contributed by atoms with Gasteiger partial charge in [0.05, 0.1) is 6.10 Å². The smallest absolute Gasteiger partial charge is 0.115 e. The van der Waals surface area contributed by atoms with Crippen molar-refractivity contribution in [2.24, 2.45) is 17.3 Å². The van der Waals surface area contributed by atoms with E-state index in [1.807, 2.05) is 0 Å². The number of benzene rings is 1. The third kappa shape index (κ3) is 2.34. The van der Waals surface area contributed by atoms with E-state index in [0.29, 0.717) is 23.2 Å². The van der Waals surface area contributed by atoms with Crippen molar-refractivity contribution in [2.45, 2.75) is 70.8 Å². The lowest BCUT2D eigenvalue weighted by Crippen LogP contribution is -2.42. The molecular weight excluding hydrogens is 296 g/mol. The molecule has 0 aliphatic heterocycles. The number of hydrogen-bond donors (Lipinski definition) is 2. The Hall–Kier alpha value is -1.28. The summed E-state index contributed by atoms with van der Waals surface area (Å²) in [6.45, 7) is 4.76. The second kappa shape index (κ2) is 5.91. The molecule has 0 spiro atoms. The number of rotatable bonds is 3. The molecule has 130 valence electrons. The summed E-state index contributed by atoms with van der Waals surface area (Å²) >= 11 is 0. The monoisotopic (exact) mass is 326 g/mol. The van der Waals surface area contributed by atoms with Crippen LogP contribution in [0.4, 0.5) is 0 Å². The fraction of sp³-hybridized carbons (Fsp3) is 0.636. The zero-order chi connectivity index (χ0) is 16.9. The summed E-state index contributed by atoms with van der Waals surface area (Å²) < 4.78 is 0. The highest BCUT2D eigenvalue weighted by molar-refractivity contribution is 5.42. The highest BCUT2D eigenvalue weighted by Crippen LogP contribution is 2.62. The van der Waals surface area contributed by atoms with Crippen molar-refractivity contribution < 1.29 is 10.2 Å². The molecule has 0 amide bonds. The molecule has 0 aromatic heterocycles. The Morgan fingerprint density at radius 1 is 1.25 bits per heavy atom.